The van der Waals surface area contributed by atoms with Crippen LogP contribution in [0.1, 0.15) is 53.5 Å². The molecule has 0 radical (unpaired) electrons. The van der Waals surface area contributed by atoms with Gasteiger partial charge in [-0.3, -0.25) is 9.80 Å². The van der Waals surface area contributed by atoms with E-state index in [2.05, 4.69) is 93.8 Å². The van der Waals surface area contributed by atoms with E-state index in [1.807, 2.05) is 0 Å². The molecule has 3 aromatic rings. The van der Waals surface area contributed by atoms with Crippen molar-refractivity contribution in [2.45, 2.75) is 51.6 Å². The van der Waals surface area contributed by atoms with Crippen LogP contribution in [0.3, 0.4) is 0 Å². The summed E-state index contributed by atoms with van der Waals surface area (Å²) in [5.74, 6) is 6.68. The third-order valence-electron chi connectivity index (χ3n) is 8.08. The first-order valence-electron chi connectivity index (χ1n) is 13.7. The number of likely N-dealkylation sites (tertiary alicyclic amines) is 1. The molecule has 3 aromatic carbocycles. The van der Waals surface area contributed by atoms with Crippen molar-refractivity contribution in [1.82, 2.24) is 9.80 Å². The van der Waals surface area contributed by atoms with Gasteiger partial charge in [-0.1, -0.05) is 72.8 Å². The van der Waals surface area contributed by atoms with E-state index in [1.165, 1.54) is 60.2 Å². The zero-order valence-corrected chi connectivity index (χ0v) is 21.5. The summed E-state index contributed by atoms with van der Waals surface area (Å²) in [5.41, 5.74) is 8.05. The predicted molar refractivity (Wildman–Crippen MR) is 150 cm³/mol. The molecule has 0 amide bonds. The SMILES string of the molecule is NN=C(CCC1CCN(Cc2ccccc2)CC1)c1ccc2c(c1)CCN(Cc1ccccc1)CC2. The molecule has 2 aliphatic heterocycles. The minimum atomic E-state index is 0.765. The van der Waals surface area contributed by atoms with Gasteiger partial charge in [-0.25, -0.2) is 0 Å². The molecule has 4 nitrogen and oxygen atoms in total. The van der Waals surface area contributed by atoms with Crippen LogP contribution >= 0.6 is 0 Å². The third-order valence-corrected chi connectivity index (χ3v) is 8.08. The first-order chi connectivity index (χ1) is 17.8. The number of fused-ring (bicyclic) bond motifs is 1. The molecule has 2 N–H and O–H groups in total. The zero-order valence-electron chi connectivity index (χ0n) is 21.5. The van der Waals surface area contributed by atoms with E-state index in [4.69, 9.17) is 5.84 Å². The summed E-state index contributed by atoms with van der Waals surface area (Å²) in [6, 6.07) is 28.6. The molecule has 1 fully saturated rings. The molecule has 0 saturated carbocycles. The maximum Gasteiger partial charge on any atom is 0.0672 e. The topological polar surface area (TPSA) is 44.9 Å². The van der Waals surface area contributed by atoms with Crippen LogP contribution in [-0.4, -0.2) is 41.7 Å². The van der Waals surface area contributed by atoms with E-state index in [1.54, 1.807) is 0 Å². The smallest absolute Gasteiger partial charge is 0.0672 e. The summed E-state index contributed by atoms with van der Waals surface area (Å²) in [6.07, 6.45) is 6.89. The Balaban J connectivity index is 1.12. The number of nitrogens with zero attached hydrogens (tertiary/aromatic N) is 3. The number of nitrogens with two attached hydrogens (primary N) is 1. The van der Waals surface area contributed by atoms with Gasteiger partial charge >= 0.3 is 0 Å². The quantitative estimate of drug-likeness (QED) is 0.258. The fraction of sp³-hybridized carbons (Fsp3) is 0.406. The Morgan fingerprint density at radius 3 is 1.92 bits per heavy atom. The average Bonchev–Trinajstić information content (AvgIpc) is 3.13. The van der Waals surface area contributed by atoms with Crippen LogP contribution in [0.4, 0.5) is 0 Å². The van der Waals surface area contributed by atoms with Gasteiger partial charge in [-0.2, -0.15) is 5.10 Å². The van der Waals surface area contributed by atoms with Crippen molar-refractivity contribution in [2.24, 2.45) is 16.9 Å². The van der Waals surface area contributed by atoms with Gasteiger partial charge in [0, 0.05) is 26.2 Å². The molecule has 2 heterocycles. The summed E-state index contributed by atoms with van der Waals surface area (Å²) in [7, 11) is 0. The largest absolute Gasteiger partial charge is 0.323 e. The highest BCUT2D eigenvalue weighted by Crippen LogP contribution is 2.25. The molecule has 0 aromatic heterocycles. The van der Waals surface area contributed by atoms with Crippen molar-refractivity contribution in [3.63, 3.8) is 0 Å². The fourth-order valence-corrected chi connectivity index (χ4v) is 5.85. The number of benzene rings is 3. The van der Waals surface area contributed by atoms with Gasteiger partial charge in [0.2, 0.25) is 0 Å². The van der Waals surface area contributed by atoms with Crippen LogP contribution in [0.25, 0.3) is 0 Å². The first-order valence-corrected chi connectivity index (χ1v) is 13.7. The Hall–Kier alpha value is -2.95. The minimum absolute atomic E-state index is 0.765. The lowest BCUT2D eigenvalue weighted by atomic mass is 9.89. The second-order valence-corrected chi connectivity index (χ2v) is 10.6. The van der Waals surface area contributed by atoms with E-state index in [9.17, 15) is 0 Å². The first kappa shape index (κ1) is 24.7. The molecule has 1 saturated heterocycles. The van der Waals surface area contributed by atoms with Gasteiger partial charge in [0.15, 0.2) is 0 Å². The van der Waals surface area contributed by atoms with E-state index in [0.29, 0.717) is 0 Å². The Morgan fingerprint density at radius 2 is 1.31 bits per heavy atom. The van der Waals surface area contributed by atoms with Crippen LogP contribution in [0.2, 0.25) is 0 Å². The second kappa shape index (κ2) is 12.3. The van der Waals surface area contributed by atoms with Crippen LogP contribution in [-0.2, 0) is 25.9 Å². The third kappa shape index (κ3) is 6.63. The van der Waals surface area contributed by atoms with E-state index in [0.717, 1.165) is 57.1 Å². The summed E-state index contributed by atoms with van der Waals surface area (Å²) in [5, 5.41) is 4.25. The lowest BCUT2D eigenvalue weighted by molar-refractivity contribution is 0.173. The molecule has 0 spiro atoms. The molecular weight excluding hydrogens is 440 g/mol. The van der Waals surface area contributed by atoms with Gasteiger partial charge in [-0.05, 0) is 91.4 Å². The van der Waals surface area contributed by atoms with Crippen LogP contribution < -0.4 is 5.84 Å². The number of rotatable bonds is 8. The van der Waals surface area contributed by atoms with Gasteiger partial charge in [-0.15, -0.1) is 0 Å². The number of hydrogen-bond acceptors (Lipinski definition) is 4. The molecule has 0 atom stereocenters. The molecule has 0 unspecified atom stereocenters. The van der Waals surface area contributed by atoms with Crippen molar-refractivity contribution in [1.29, 1.82) is 0 Å². The van der Waals surface area contributed by atoms with E-state index >= 15 is 0 Å². The Morgan fingerprint density at radius 1 is 0.722 bits per heavy atom. The van der Waals surface area contributed by atoms with Crippen molar-refractivity contribution >= 4 is 5.71 Å². The maximum absolute atomic E-state index is 5.91. The Bertz CT molecular complexity index is 1120. The number of hydrazone groups is 1. The van der Waals surface area contributed by atoms with Gasteiger partial charge < -0.3 is 5.84 Å². The second-order valence-electron chi connectivity index (χ2n) is 10.6. The van der Waals surface area contributed by atoms with Gasteiger partial charge in [0.05, 0.1) is 5.71 Å². The Kier molecular flexibility index (Phi) is 8.47. The zero-order chi connectivity index (χ0) is 24.6. The predicted octanol–water partition coefficient (Wildman–Crippen LogP) is 5.64. The molecule has 5 rings (SSSR count). The normalized spacial score (nSPS) is 18.1. The standard InChI is InChI=1S/C32H40N4/c33-34-32(14-11-26-15-19-35(20-16-26)24-27-7-3-1-4-8-27)31-13-12-29-17-21-36(22-18-30(29)23-31)25-28-9-5-2-6-10-28/h1-10,12-13,23,26H,11,14-22,24-25,33H2. The monoisotopic (exact) mass is 480 g/mol. The molecule has 188 valence electrons. The molecule has 4 heteroatoms. The highest BCUT2D eigenvalue weighted by Gasteiger charge is 2.21. The van der Waals surface area contributed by atoms with Crippen molar-refractivity contribution < 1.29 is 0 Å². The van der Waals surface area contributed by atoms with Crippen molar-refractivity contribution in [3.05, 3.63) is 107 Å². The highest BCUT2D eigenvalue weighted by atomic mass is 15.1. The lowest BCUT2D eigenvalue weighted by Crippen LogP contribution is -2.33. The summed E-state index contributed by atoms with van der Waals surface area (Å²) < 4.78 is 0. The summed E-state index contributed by atoms with van der Waals surface area (Å²) >= 11 is 0. The van der Waals surface area contributed by atoms with E-state index < -0.39 is 0 Å². The fourth-order valence-electron chi connectivity index (χ4n) is 5.85. The summed E-state index contributed by atoms with van der Waals surface area (Å²) in [6.45, 7) is 6.69. The molecule has 0 bridgehead atoms. The van der Waals surface area contributed by atoms with Crippen molar-refractivity contribution in [3.8, 4) is 0 Å². The average molecular weight is 481 g/mol. The molecule has 2 aliphatic rings. The van der Waals surface area contributed by atoms with Crippen molar-refractivity contribution in [2.75, 3.05) is 26.2 Å². The maximum atomic E-state index is 5.91. The lowest BCUT2D eigenvalue weighted by Gasteiger charge is -2.32. The summed E-state index contributed by atoms with van der Waals surface area (Å²) in [4.78, 5) is 5.18. The molecule has 0 aliphatic carbocycles. The number of piperidine rings is 1. The molecule has 36 heavy (non-hydrogen) atoms. The number of hydrogen-bond donors (Lipinski definition) is 1. The van der Waals surface area contributed by atoms with Gasteiger partial charge in [0.1, 0.15) is 0 Å². The van der Waals surface area contributed by atoms with Crippen LogP contribution in [0.5, 0.6) is 0 Å². The van der Waals surface area contributed by atoms with Crippen LogP contribution in [0.15, 0.2) is 84.0 Å². The highest BCUT2D eigenvalue weighted by molar-refractivity contribution is 6.00. The Labute approximate surface area is 216 Å². The van der Waals surface area contributed by atoms with Crippen LogP contribution in [0, 0.1) is 5.92 Å². The van der Waals surface area contributed by atoms with E-state index in [-0.39, 0.29) is 0 Å². The van der Waals surface area contributed by atoms with Gasteiger partial charge in [0.25, 0.3) is 0 Å². The minimum Gasteiger partial charge on any atom is -0.323 e. The molecular formula is C32H40N4.